The number of halogens is 3. The number of carbonyl (C=O) groups excluding carboxylic acids is 1. The van der Waals surface area contributed by atoms with Crippen molar-refractivity contribution in [1.29, 1.82) is 0 Å². The molecule has 0 spiro atoms. The standard InChI is InChI=1S/C25H39F3O2/c1-15(13-21(29)25(26,27)28)18-7-8-19-17-6-5-16-14-22(2,30)11-12-23(16,3)20(17)9-10-24(18,19)4/h15-20,30H,5-14H2,1-4H3/t15-,16?,17?,18?,19?,20?,22+,23?,24?/m1/s1. The average molecular weight is 429 g/mol. The van der Waals surface area contributed by atoms with Gasteiger partial charge in [-0.3, -0.25) is 4.79 Å². The molecular weight excluding hydrogens is 389 g/mol. The van der Waals surface area contributed by atoms with Gasteiger partial charge in [0.05, 0.1) is 5.60 Å². The molecule has 5 heteroatoms. The third-order valence-corrected chi connectivity index (χ3v) is 10.5. The van der Waals surface area contributed by atoms with Crippen LogP contribution in [0.3, 0.4) is 0 Å². The topological polar surface area (TPSA) is 37.3 Å². The number of fused-ring (bicyclic) bond motifs is 5. The van der Waals surface area contributed by atoms with Gasteiger partial charge < -0.3 is 5.11 Å². The van der Waals surface area contributed by atoms with Crippen molar-refractivity contribution in [3.8, 4) is 0 Å². The number of ketones is 1. The molecular formula is C25H39F3O2. The summed E-state index contributed by atoms with van der Waals surface area (Å²) in [4.78, 5) is 11.6. The molecule has 9 atom stereocenters. The minimum Gasteiger partial charge on any atom is -0.390 e. The second-order valence-corrected chi connectivity index (χ2v) is 12.2. The lowest BCUT2D eigenvalue weighted by molar-refractivity contribution is -0.173. The number of hydrogen-bond acceptors (Lipinski definition) is 2. The number of alkyl halides is 3. The van der Waals surface area contributed by atoms with E-state index in [0.29, 0.717) is 29.1 Å². The monoisotopic (exact) mass is 428 g/mol. The highest BCUT2D eigenvalue weighted by atomic mass is 19.4. The van der Waals surface area contributed by atoms with Crippen LogP contribution in [0.1, 0.15) is 91.9 Å². The number of Topliss-reactive ketones (excluding diaryl/α,β-unsaturated/α-hetero) is 1. The van der Waals surface area contributed by atoms with E-state index in [1.54, 1.807) is 0 Å². The average Bonchev–Trinajstić information content (AvgIpc) is 2.98. The summed E-state index contributed by atoms with van der Waals surface area (Å²) in [5.41, 5.74) is -0.169. The zero-order chi connectivity index (χ0) is 22.1. The Balaban J connectivity index is 1.51. The molecule has 0 amide bonds. The molecule has 0 aromatic heterocycles. The van der Waals surface area contributed by atoms with Crippen LogP contribution in [0, 0.1) is 46.3 Å². The van der Waals surface area contributed by atoms with Crippen LogP contribution in [0.15, 0.2) is 0 Å². The summed E-state index contributed by atoms with van der Waals surface area (Å²) >= 11 is 0. The number of rotatable bonds is 3. The summed E-state index contributed by atoms with van der Waals surface area (Å²) in [6, 6.07) is 0. The van der Waals surface area contributed by atoms with Crippen LogP contribution in [0.25, 0.3) is 0 Å². The number of aliphatic hydroxyl groups is 1. The summed E-state index contributed by atoms with van der Waals surface area (Å²) < 4.78 is 38.5. The molecule has 0 saturated heterocycles. The maximum Gasteiger partial charge on any atom is 0.449 e. The Morgan fingerprint density at radius 1 is 0.967 bits per heavy atom. The van der Waals surface area contributed by atoms with Gasteiger partial charge >= 0.3 is 6.18 Å². The molecule has 4 aliphatic rings. The van der Waals surface area contributed by atoms with Crippen molar-refractivity contribution >= 4 is 5.78 Å². The van der Waals surface area contributed by atoms with Gasteiger partial charge in [-0.05, 0) is 111 Å². The lowest BCUT2D eigenvalue weighted by Crippen LogP contribution is -2.55. The fraction of sp³-hybridized carbons (Fsp3) is 0.960. The van der Waals surface area contributed by atoms with Gasteiger partial charge in [0.1, 0.15) is 0 Å². The van der Waals surface area contributed by atoms with Crippen molar-refractivity contribution in [2.75, 3.05) is 0 Å². The zero-order valence-corrected chi connectivity index (χ0v) is 19.0. The van der Waals surface area contributed by atoms with Crippen molar-refractivity contribution in [2.45, 2.75) is 104 Å². The van der Waals surface area contributed by atoms with Crippen molar-refractivity contribution in [2.24, 2.45) is 46.3 Å². The molecule has 0 bridgehead atoms. The van der Waals surface area contributed by atoms with E-state index < -0.39 is 17.6 Å². The van der Waals surface area contributed by atoms with Gasteiger partial charge in [-0.1, -0.05) is 20.8 Å². The smallest absolute Gasteiger partial charge is 0.390 e. The van der Waals surface area contributed by atoms with E-state index in [9.17, 15) is 23.1 Å². The number of carbonyl (C=O) groups is 1. The molecule has 0 aromatic rings. The van der Waals surface area contributed by atoms with Crippen LogP contribution in [0.2, 0.25) is 0 Å². The Bertz CT molecular complexity index is 686. The number of hydrogen-bond donors (Lipinski definition) is 1. The molecule has 0 heterocycles. The third kappa shape index (κ3) is 3.55. The van der Waals surface area contributed by atoms with Gasteiger partial charge in [-0.25, -0.2) is 0 Å². The quantitative estimate of drug-likeness (QED) is 0.553. The first kappa shape index (κ1) is 22.6. The molecule has 1 N–H and O–H groups in total. The van der Waals surface area contributed by atoms with Crippen molar-refractivity contribution in [1.82, 2.24) is 0 Å². The van der Waals surface area contributed by atoms with Gasteiger partial charge in [-0.2, -0.15) is 13.2 Å². The van der Waals surface area contributed by atoms with Crippen LogP contribution in [-0.4, -0.2) is 22.7 Å². The summed E-state index contributed by atoms with van der Waals surface area (Å²) in [6.07, 6.45) is 4.48. The first-order valence-corrected chi connectivity index (χ1v) is 12.1. The largest absolute Gasteiger partial charge is 0.449 e. The van der Waals surface area contributed by atoms with Gasteiger partial charge in [-0.15, -0.1) is 0 Å². The SMILES string of the molecule is C[C@H](CC(=O)C(F)(F)F)C1CCC2C3CCC4C[C@@](C)(O)CCC4(C)C3CCC21C. The van der Waals surface area contributed by atoms with Crippen molar-refractivity contribution < 1.29 is 23.1 Å². The minimum absolute atomic E-state index is 0.0653. The fourth-order valence-corrected chi connectivity index (χ4v) is 8.96. The van der Waals surface area contributed by atoms with E-state index in [-0.39, 0.29) is 23.7 Å². The minimum atomic E-state index is -4.71. The van der Waals surface area contributed by atoms with Crippen molar-refractivity contribution in [3.05, 3.63) is 0 Å². The molecule has 4 saturated carbocycles. The van der Waals surface area contributed by atoms with E-state index in [1.165, 1.54) is 12.8 Å². The Labute approximate surface area is 179 Å². The molecule has 30 heavy (non-hydrogen) atoms. The van der Waals surface area contributed by atoms with Crippen LogP contribution in [0.5, 0.6) is 0 Å². The lowest BCUT2D eigenvalue weighted by atomic mass is 9.43. The Morgan fingerprint density at radius 3 is 2.30 bits per heavy atom. The summed E-state index contributed by atoms with van der Waals surface area (Å²) in [6.45, 7) is 8.64. The maximum absolute atomic E-state index is 12.8. The molecule has 0 radical (unpaired) electrons. The summed E-state index contributed by atoms with van der Waals surface area (Å²) in [5.74, 6) is 0.949. The molecule has 172 valence electrons. The summed E-state index contributed by atoms with van der Waals surface area (Å²) in [7, 11) is 0. The molecule has 2 nitrogen and oxygen atoms in total. The van der Waals surface area contributed by atoms with E-state index >= 15 is 0 Å². The van der Waals surface area contributed by atoms with Gasteiger partial charge in [0.15, 0.2) is 0 Å². The van der Waals surface area contributed by atoms with Crippen molar-refractivity contribution in [3.63, 3.8) is 0 Å². The fourth-order valence-electron chi connectivity index (χ4n) is 8.96. The van der Waals surface area contributed by atoms with E-state index in [4.69, 9.17) is 0 Å². The first-order chi connectivity index (χ1) is 13.8. The highest BCUT2D eigenvalue weighted by Gasteiger charge is 2.61. The maximum atomic E-state index is 12.8. The van der Waals surface area contributed by atoms with Gasteiger partial charge in [0.25, 0.3) is 0 Å². The predicted molar refractivity (Wildman–Crippen MR) is 111 cm³/mol. The van der Waals surface area contributed by atoms with Crippen LogP contribution in [0.4, 0.5) is 13.2 Å². The first-order valence-electron chi connectivity index (χ1n) is 12.1. The molecule has 7 unspecified atom stereocenters. The Kier molecular flexibility index (Phi) is 5.44. The van der Waals surface area contributed by atoms with Crippen LogP contribution in [-0.2, 0) is 4.79 Å². The lowest BCUT2D eigenvalue weighted by Gasteiger charge is -2.62. The van der Waals surface area contributed by atoms with Gasteiger partial charge in [0.2, 0.25) is 5.78 Å². The second kappa shape index (κ2) is 7.22. The molecule has 0 aliphatic heterocycles. The summed E-state index contributed by atoms with van der Waals surface area (Å²) in [5, 5.41) is 10.6. The zero-order valence-electron chi connectivity index (χ0n) is 19.0. The highest BCUT2D eigenvalue weighted by molar-refractivity contribution is 5.84. The molecule has 0 aromatic carbocycles. The van der Waals surface area contributed by atoms with E-state index in [2.05, 4.69) is 13.8 Å². The molecule has 4 rings (SSSR count). The highest BCUT2D eigenvalue weighted by Crippen LogP contribution is 2.68. The second-order valence-electron chi connectivity index (χ2n) is 12.2. The Morgan fingerprint density at radius 2 is 1.63 bits per heavy atom. The van der Waals surface area contributed by atoms with E-state index in [0.717, 1.165) is 44.9 Å². The Hall–Kier alpha value is -0.580. The van der Waals surface area contributed by atoms with Gasteiger partial charge in [0, 0.05) is 6.42 Å². The normalized spacial score (nSPS) is 49.7. The van der Waals surface area contributed by atoms with E-state index in [1.807, 2.05) is 13.8 Å². The molecule has 4 aliphatic carbocycles. The predicted octanol–water partition coefficient (Wildman–Crippen LogP) is 6.55. The third-order valence-electron chi connectivity index (χ3n) is 10.5. The van der Waals surface area contributed by atoms with Crippen LogP contribution < -0.4 is 0 Å². The molecule has 4 fully saturated rings. The van der Waals surface area contributed by atoms with Crippen LogP contribution >= 0.6 is 0 Å².